The number of amides is 2. The number of benzene rings is 1. The Bertz CT molecular complexity index is 776. The minimum absolute atomic E-state index is 0.0307. The first-order valence-corrected chi connectivity index (χ1v) is 7.75. The first-order valence-electron chi connectivity index (χ1n) is 7.75. The molecule has 1 N–H and O–H groups in total. The average Bonchev–Trinajstić information content (AvgIpc) is 2.59. The highest BCUT2D eigenvalue weighted by molar-refractivity contribution is 5.79. The number of fused-ring (bicyclic) bond motifs is 1. The SMILES string of the molecule is O=CN1CCN(C(=O)CCc2cc3ccccc3[nH]c2=O)CC1. The average molecular weight is 313 g/mol. The zero-order valence-electron chi connectivity index (χ0n) is 12.8. The molecule has 6 nitrogen and oxygen atoms in total. The Morgan fingerprint density at radius 3 is 2.65 bits per heavy atom. The van der Waals surface area contributed by atoms with Crippen LogP contribution in [-0.4, -0.2) is 53.3 Å². The molecule has 3 rings (SSSR count). The van der Waals surface area contributed by atoms with Gasteiger partial charge in [0.25, 0.3) is 5.56 Å². The van der Waals surface area contributed by atoms with Crippen LogP contribution >= 0.6 is 0 Å². The number of para-hydroxylation sites is 1. The van der Waals surface area contributed by atoms with Gasteiger partial charge in [-0.1, -0.05) is 18.2 Å². The predicted molar refractivity (Wildman–Crippen MR) is 87.1 cm³/mol. The van der Waals surface area contributed by atoms with Crippen LogP contribution < -0.4 is 5.56 Å². The molecule has 0 aliphatic carbocycles. The largest absolute Gasteiger partial charge is 0.342 e. The summed E-state index contributed by atoms with van der Waals surface area (Å²) in [5.41, 5.74) is 1.29. The van der Waals surface area contributed by atoms with E-state index in [0.717, 1.165) is 17.3 Å². The topological polar surface area (TPSA) is 73.5 Å². The number of nitrogens with one attached hydrogen (secondary N) is 1. The highest BCUT2D eigenvalue weighted by atomic mass is 16.2. The van der Waals surface area contributed by atoms with Gasteiger partial charge in [0.05, 0.1) is 0 Å². The summed E-state index contributed by atoms with van der Waals surface area (Å²) in [7, 11) is 0. The molecular weight excluding hydrogens is 294 g/mol. The number of hydrogen-bond acceptors (Lipinski definition) is 3. The van der Waals surface area contributed by atoms with Crippen LogP contribution in [-0.2, 0) is 16.0 Å². The summed E-state index contributed by atoms with van der Waals surface area (Å²) in [5, 5.41) is 0.967. The lowest BCUT2D eigenvalue weighted by Crippen LogP contribution is -2.48. The number of hydrogen-bond donors (Lipinski definition) is 1. The molecule has 1 aliphatic rings. The van der Waals surface area contributed by atoms with Crippen LogP contribution in [0.15, 0.2) is 35.1 Å². The molecule has 1 saturated heterocycles. The van der Waals surface area contributed by atoms with Crippen LogP contribution in [0.25, 0.3) is 10.9 Å². The molecule has 120 valence electrons. The van der Waals surface area contributed by atoms with Gasteiger partial charge in [0, 0.05) is 43.7 Å². The van der Waals surface area contributed by atoms with Crippen molar-refractivity contribution in [3.05, 3.63) is 46.2 Å². The first kappa shape index (κ1) is 15.3. The van der Waals surface area contributed by atoms with Crippen molar-refractivity contribution in [3.63, 3.8) is 0 Å². The monoisotopic (exact) mass is 313 g/mol. The summed E-state index contributed by atoms with van der Waals surface area (Å²) in [6.45, 7) is 2.27. The number of aromatic amines is 1. The molecule has 2 aromatic rings. The number of piperazine rings is 1. The van der Waals surface area contributed by atoms with E-state index in [9.17, 15) is 14.4 Å². The summed E-state index contributed by atoms with van der Waals surface area (Å²) in [4.78, 5) is 41.3. The van der Waals surface area contributed by atoms with Crippen molar-refractivity contribution in [2.24, 2.45) is 0 Å². The minimum Gasteiger partial charge on any atom is -0.342 e. The second kappa shape index (κ2) is 6.64. The van der Waals surface area contributed by atoms with Crippen LogP contribution in [0, 0.1) is 0 Å². The lowest BCUT2D eigenvalue weighted by Gasteiger charge is -2.32. The number of carbonyl (C=O) groups is 2. The third-order valence-electron chi connectivity index (χ3n) is 4.25. The molecule has 1 aromatic heterocycles. The third-order valence-corrected chi connectivity index (χ3v) is 4.25. The van der Waals surface area contributed by atoms with Gasteiger partial charge in [-0.05, 0) is 23.9 Å². The van der Waals surface area contributed by atoms with Crippen LogP contribution in [0.4, 0.5) is 0 Å². The number of pyridine rings is 1. The zero-order valence-corrected chi connectivity index (χ0v) is 12.8. The van der Waals surface area contributed by atoms with Crippen molar-refractivity contribution in [1.82, 2.24) is 14.8 Å². The molecule has 0 spiro atoms. The Labute approximate surface area is 133 Å². The maximum atomic E-state index is 12.2. The fourth-order valence-electron chi connectivity index (χ4n) is 2.85. The van der Waals surface area contributed by atoms with Gasteiger partial charge >= 0.3 is 0 Å². The van der Waals surface area contributed by atoms with Crippen LogP contribution in [0.5, 0.6) is 0 Å². The summed E-state index contributed by atoms with van der Waals surface area (Å²) >= 11 is 0. The number of rotatable bonds is 4. The van der Waals surface area contributed by atoms with Crippen molar-refractivity contribution in [2.75, 3.05) is 26.2 Å². The molecule has 0 bridgehead atoms. The van der Waals surface area contributed by atoms with E-state index in [-0.39, 0.29) is 11.5 Å². The van der Waals surface area contributed by atoms with Crippen molar-refractivity contribution in [1.29, 1.82) is 0 Å². The Morgan fingerprint density at radius 2 is 1.91 bits per heavy atom. The second-order valence-corrected chi connectivity index (χ2v) is 5.73. The van der Waals surface area contributed by atoms with Gasteiger partial charge in [-0.3, -0.25) is 14.4 Å². The highest BCUT2D eigenvalue weighted by Crippen LogP contribution is 2.12. The van der Waals surface area contributed by atoms with Crippen molar-refractivity contribution in [2.45, 2.75) is 12.8 Å². The molecule has 0 atom stereocenters. The summed E-state index contributed by atoms with van der Waals surface area (Å²) in [6, 6.07) is 9.45. The number of aromatic nitrogens is 1. The normalized spacial score (nSPS) is 15.0. The summed E-state index contributed by atoms with van der Waals surface area (Å²) < 4.78 is 0. The van der Waals surface area contributed by atoms with Crippen LogP contribution in [0.3, 0.4) is 0 Å². The number of carbonyl (C=O) groups excluding carboxylic acids is 2. The van der Waals surface area contributed by atoms with Gasteiger partial charge in [-0.15, -0.1) is 0 Å². The summed E-state index contributed by atoms with van der Waals surface area (Å²) in [5.74, 6) is 0.0307. The van der Waals surface area contributed by atoms with Gasteiger partial charge in [0.1, 0.15) is 0 Å². The van der Waals surface area contributed by atoms with Crippen molar-refractivity contribution in [3.8, 4) is 0 Å². The summed E-state index contributed by atoms with van der Waals surface area (Å²) in [6.07, 6.45) is 1.55. The standard InChI is InChI=1S/C17H19N3O3/c21-12-19-7-9-20(10-8-19)16(22)6-5-14-11-13-3-1-2-4-15(13)18-17(14)23/h1-4,11-12H,5-10H2,(H,18,23). The molecule has 0 radical (unpaired) electrons. The molecule has 1 aromatic carbocycles. The molecule has 1 fully saturated rings. The fourth-order valence-corrected chi connectivity index (χ4v) is 2.85. The Balaban J connectivity index is 1.64. The van der Waals surface area contributed by atoms with Crippen LogP contribution in [0.1, 0.15) is 12.0 Å². The lowest BCUT2D eigenvalue weighted by atomic mass is 10.1. The van der Waals surface area contributed by atoms with Gasteiger partial charge in [-0.2, -0.15) is 0 Å². The van der Waals surface area contributed by atoms with Crippen molar-refractivity contribution >= 4 is 23.2 Å². The number of aryl methyl sites for hydroxylation is 1. The smallest absolute Gasteiger partial charge is 0.251 e. The maximum Gasteiger partial charge on any atom is 0.251 e. The van der Waals surface area contributed by atoms with E-state index in [4.69, 9.17) is 0 Å². The molecule has 6 heteroatoms. The Hall–Kier alpha value is -2.63. The lowest BCUT2D eigenvalue weighted by molar-refractivity contribution is -0.135. The molecule has 2 amide bonds. The van der Waals surface area contributed by atoms with Gasteiger partial charge in [-0.25, -0.2) is 0 Å². The second-order valence-electron chi connectivity index (χ2n) is 5.73. The van der Waals surface area contributed by atoms with E-state index in [2.05, 4.69) is 4.98 Å². The Kier molecular flexibility index (Phi) is 4.41. The van der Waals surface area contributed by atoms with E-state index in [0.29, 0.717) is 44.6 Å². The molecule has 0 unspecified atom stereocenters. The van der Waals surface area contributed by atoms with Crippen molar-refractivity contribution < 1.29 is 9.59 Å². The highest BCUT2D eigenvalue weighted by Gasteiger charge is 2.20. The van der Waals surface area contributed by atoms with Gasteiger partial charge in [0.15, 0.2) is 0 Å². The third kappa shape index (κ3) is 3.41. The maximum absolute atomic E-state index is 12.2. The van der Waals surface area contributed by atoms with E-state index in [1.54, 1.807) is 9.80 Å². The quantitative estimate of drug-likeness (QED) is 0.847. The zero-order chi connectivity index (χ0) is 16.2. The van der Waals surface area contributed by atoms with Gasteiger partial charge in [0.2, 0.25) is 12.3 Å². The molecular formula is C17H19N3O3. The first-order chi connectivity index (χ1) is 11.2. The van der Waals surface area contributed by atoms with E-state index < -0.39 is 0 Å². The minimum atomic E-state index is -0.137. The fraction of sp³-hybridized carbons (Fsp3) is 0.353. The van der Waals surface area contributed by atoms with E-state index >= 15 is 0 Å². The Morgan fingerprint density at radius 1 is 1.17 bits per heavy atom. The molecule has 1 aliphatic heterocycles. The molecule has 0 saturated carbocycles. The number of H-pyrrole nitrogens is 1. The van der Waals surface area contributed by atoms with Gasteiger partial charge < -0.3 is 14.8 Å². The van der Waals surface area contributed by atoms with Crippen LogP contribution in [0.2, 0.25) is 0 Å². The molecule has 2 heterocycles. The molecule has 23 heavy (non-hydrogen) atoms. The van der Waals surface area contributed by atoms with E-state index in [1.807, 2.05) is 30.3 Å². The number of nitrogens with zero attached hydrogens (tertiary/aromatic N) is 2. The predicted octanol–water partition coefficient (Wildman–Crippen LogP) is 0.761. The van der Waals surface area contributed by atoms with E-state index in [1.165, 1.54) is 0 Å².